The molecule has 0 bridgehead atoms. The summed E-state index contributed by atoms with van der Waals surface area (Å²) < 4.78 is 25.3. The molecular weight excluding hydrogens is 301 g/mol. The maximum Gasteiger partial charge on any atom is 0.136 e. The molecule has 0 radical (unpaired) electrons. The monoisotopic (exact) mass is 317 g/mol. The molecule has 2 N–H and O–H groups in total. The van der Waals surface area contributed by atoms with Gasteiger partial charge >= 0.3 is 0 Å². The molecule has 1 fully saturated rings. The molecule has 100 valence electrons. The Bertz CT molecular complexity index is 416. The van der Waals surface area contributed by atoms with Gasteiger partial charge in [0.2, 0.25) is 0 Å². The van der Waals surface area contributed by atoms with Crippen molar-refractivity contribution in [3.63, 3.8) is 0 Å². The van der Waals surface area contributed by atoms with E-state index in [1.54, 1.807) is 6.07 Å². The van der Waals surface area contributed by atoms with E-state index in [9.17, 15) is 4.39 Å². The molecule has 2 rings (SSSR count). The minimum Gasteiger partial charge on any atom is -0.486 e. The van der Waals surface area contributed by atoms with E-state index in [0.717, 1.165) is 17.3 Å². The first kappa shape index (κ1) is 13.8. The fourth-order valence-corrected chi connectivity index (χ4v) is 2.29. The minimum atomic E-state index is -0.317. The number of rotatable bonds is 5. The summed E-state index contributed by atoms with van der Waals surface area (Å²) in [6, 6.07) is 4.39. The first-order valence-electron chi connectivity index (χ1n) is 6.10. The topological polar surface area (TPSA) is 44.5 Å². The Morgan fingerprint density at radius 1 is 1.50 bits per heavy atom. The zero-order valence-corrected chi connectivity index (χ0v) is 11.8. The summed E-state index contributed by atoms with van der Waals surface area (Å²) >= 11 is 3.34. The Hall–Kier alpha value is -0.650. The van der Waals surface area contributed by atoms with Gasteiger partial charge in [0.1, 0.15) is 23.8 Å². The van der Waals surface area contributed by atoms with Crippen LogP contribution in [0.4, 0.5) is 4.39 Å². The molecule has 3 atom stereocenters. The Morgan fingerprint density at radius 3 is 2.94 bits per heavy atom. The van der Waals surface area contributed by atoms with Crippen LogP contribution in [-0.2, 0) is 4.74 Å². The van der Waals surface area contributed by atoms with Gasteiger partial charge in [-0.25, -0.2) is 4.39 Å². The van der Waals surface area contributed by atoms with Crippen LogP contribution in [0.15, 0.2) is 22.7 Å². The first-order chi connectivity index (χ1) is 8.61. The minimum absolute atomic E-state index is 0.00823. The molecule has 1 aromatic rings. The van der Waals surface area contributed by atoms with Crippen molar-refractivity contribution in [1.29, 1.82) is 0 Å². The van der Waals surface area contributed by atoms with Gasteiger partial charge in [0.15, 0.2) is 0 Å². The Balaban J connectivity index is 1.98. The van der Waals surface area contributed by atoms with Crippen molar-refractivity contribution in [2.75, 3.05) is 6.61 Å². The third kappa shape index (κ3) is 3.02. The van der Waals surface area contributed by atoms with Crippen LogP contribution in [-0.4, -0.2) is 24.9 Å². The molecule has 1 aliphatic rings. The largest absolute Gasteiger partial charge is 0.486 e. The van der Waals surface area contributed by atoms with Crippen LogP contribution < -0.4 is 10.5 Å². The lowest BCUT2D eigenvalue weighted by atomic mass is 9.86. The van der Waals surface area contributed by atoms with E-state index < -0.39 is 0 Å². The van der Waals surface area contributed by atoms with E-state index in [0.29, 0.717) is 12.4 Å². The van der Waals surface area contributed by atoms with E-state index in [1.165, 1.54) is 12.1 Å². The van der Waals surface area contributed by atoms with Crippen molar-refractivity contribution in [3.05, 3.63) is 28.5 Å². The fourth-order valence-electron chi connectivity index (χ4n) is 1.95. The van der Waals surface area contributed by atoms with E-state index in [4.69, 9.17) is 15.2 Å². The molecule has 5 heteroatoms. The molecule has 0 amide bonds. The van der Waals surface area contributed by atoms with Gasteiger partial charge in [-0.3, -0.25) is 0 Å². The summed E-state index contributed by atoms with van der Waals surface area (Å²) in [4.78, 5) is 0. The van der Waals surface area contributed by atoms with Crippen molar-refractivity contribution in [1.82, 2.24) is 0 Å². The maximum atomic E-state index is 13.1. The van der Waals surface area contributed by atoms with E-state index in [1.807, 2.05) is 6.92 Å². The van der Waals surface area contributed by atoms with Gasteiger partial charge in [0.05, 0.1) is 4.47 Å². The van der Waals surface area contributed by atoms with Crippen LogP contribution in [0.1, 0.15) is 19.8 Å². The van der Waals surface area contributed by atoms with Crippen molar-refractivity contribution >= 4 is 15.9 Å². The highest BCUT2D eigenvalue weighted by molar-refractivity contribution is 9.10. The third-order valence-corrected chi connectivity index (χ3v) is 3.63. The molecular formula is C13H17BrFNO2. The van der Waals surface area contributed by atoms with Gasteiger partial charge < -0.3 is 15.2 Å². The molecule has 3 nitrogen and oxygen atoms in total. The SMILES string of the molecule is CCCOC1C(N)CC1Oc1cc(F)ccc1Br. The van der Waals surface area contributed by atoms with Gasteiger partial charge in [-0.15, -0.1) is 0 Å². The van der Waals surface area contributed by atoms with Gasteiger partial charge in [0.25, 0.3) is 0 Å². The molecule has 0 heterocycles. The van der Waals surface area contributed by atoms with E-state index in [-0.39, 0.29) is 24.1 Å². The standard InChI is InChI=1S/C13H17BrFNO2/c1-2-5-17-13-10(16)7-12(13)18-11-6-8(15)3-4-9(11)14/h3-4,6,10,12-13H,2,5,7,16H2,1H3. The zero-order chi connectivity index (χ0) is 13.1. The lowest BCUT2D eigenvalue weighted by molar-refractivity contribution is -0.0982. The molecule has 18 heavy (non-hydrogen) atoms. The molecule has 3 unspecified atom stereocenters. The Morgan fingerprint density at radius 2 is 2.28 bits per heavy atom. The molecule has 0 saturated heterocycles. The lowest BCUT2D eigenvalue weighted by Crippen LogP contribution is -2.59. The van der Waals surface area contributed by atoms with Crippen LogP contribution in [0.3, 0.4) is 0 Å². The van der Waals surface area contributed by atoms with Crippen molar-refractivity contribution in [2.24, 2.45) is 5.73 Å². The highest BCUT2D eigenvalue weighted by atomic mass is 79.9. The smallest absolute Gasteiger partial charge is 0.136 e. The summed E-state index contributed by atoms with van der Waals surface area (Å²) in [7, 11) is 0. The van der Waals surface area contributed by atoms with Crippen molar-refractivity contribution < 1.29 is 13.9 Å². The average molecular weight is 318 g/mol. The summed E-state index contributed by atoms with van der Waals surface area (Å²) in [5.41, 5.74) is 5.88. The number of ether oxygens (including phenoxy) is 2. The van der Waals surface area contributed by atoms with Gasteiger partial charge in [0, 0.05) is 25.1 Å². The van der Waals surface area contributed by atoms with Gasteiger partial charge in [-0.2, -0.15) is 0 Å². The number of halogens is 2. The average Bonchev–Trinajstić information content (AvgIpc) is 2.33. The van der Waals surface area contributed by atoms with E-state index in [2.05, 4.69) is 15.9 Å². The summed E-state index contributed by atoms with van der Waals surface area (Å²) in [5, 5.41) is 0. The quantitative estimate of drug-likeness (QED) is 0.908. The zero-order valence-electron chi connectivity index (χ0n) is 10.2. The predicted octanol–water partition coefficient (Wildman–Crippen LogP) is 2.86. The normalized spacial score (nSPS) is 26.8. The highest BCUT2D eigenvalue weighted by Crippen LogP contribution is 2.32. The molecule has 1 aromatic carbocycles. The number of benzene rings is 1. The molecule has 1 saturated carbocycles. The second-order valence-corrected chi connectivity index (χ2v) is 5.32. The predicted molar refractivity (Wildman–Crippen MR) is 71.1 cm³/mol. The number of hydrogen-bond donors (Lipinski definition) is 1. The van der Waals surface area contributed by atoms with Crippen LogP contribution in [0.25, 0.3) is 0 Å². The van der Waals surface area contributed by atoms with Crippen LogP contribution in [0, 0.1) is 5.82 Å². The molecule has 1 aliphatic carbocycles. The second kappa shape index (κ2) is 5.99. The Labute approximate surface area is 115 Å². The van der Waals surface area contributed by atoms with Crippen LogP contribution >= 0.6 is 15.9 Å². The molecule has 0 aliphatic heterocycles. The van der Waals surface area contributed by atoms with Crippen molar-refractivity contribution in [2.45, 2.75) is 38.0 Å². The summed E-state index contributed by atoms with van der Waals surface area (Å²) in [6.07, 6.45) is 1.49. The van der Waals surface area contributed by atoms with E-state index >= 15 is 0 Å². The Kier molecular flexibility index (Phi) is 4.59. The summed E-state index contributed by atoms with van der Waals surface area (Å²) in [6.45, 7) is 2.71. The molecule has 0 aromatic heterocycles. The fraction of sp³-hybridized carbons (Fsp3) is 0.538. The van der Waals surface area contributed by atoms with Gasteiger partial charge in [-0.1, -0.05) is 6.92 Å². The molecule has 0 spiro atoms. The van der Waals surface area contributed by atoms with Gasteiger partial charge in [-0.05, 0) is 34.5 Å². The van der Waals surface area contributed by atoms with Crippen LogP contribution in [0.5, 0.6) is 5.75 Å². The first-order valence-corrected chi connectivity index (χ1v) is 6.90. The second-order valence-electron chi connectivity index (χ2n) is 4.47. The number of nitrogens with two attached hydrogens (primary N) is 1. The van der Waals surface area contributed by atoms with Crippen molar-refractivity contribution in [3.8, 4) is 5.75 Å². The maximum absolute atomic E-state index is 13.1. The number of hydrogen-bond acceptors (Lipinski definition) is 3. The lowest BCUT2D eigenvalue weighted by Gasteiger charge is -2.41. The highest BCUT2D eigenvalue weighted by Gasteiger charge is 2.41. The van der Waals surface area contributed by atoms with Crippen LogP contribution in [0.2, 0.25) is 0 Å². The third-order valence-electron chi connectivity index (χ3n) is 2.98. The summed E-state index contributed by atoms with van der Waals surface area (Å²) in [5.74, 6) is 0.180.